The van der Waals surface area contributed by atoms with Crippen LogP contribution in [0.1, 0.15) is 17.9 Å². The summed E-state index contributed by atoms with van der Waals surface area (Å²) in [7, 11) is 1.70. The van der Waals surface area contributed by atoms with Crippen molar-refractivity contribution < 1.29 is 13.6 Å². The fraction of sp³-hybridized carbons (Fsp3) is 0.500. The number of rotatable bonds is 8. The number of aryl methyl sites for hydroxylation is 2. The second-order valence-corrected chi connectivity index (χ2v) is 4.40. The highest BCUT2D eigenvalue weighted by molar-refractivity contribution is 5.53. The van der Waals surface area contributed by atoms with Crippen LogP contribution in [-0.4, -0.2) is 31.8 Å². The van der Waals surface area contributed by atoms with Crippen LogP contribution in [-0.2, 0) is 11.2 Å². The maximum Gasteiger partial charge on any atom is 0.195 e. The molecule has 0 radical (unpaired) electrons. The van der Waals surface area contributed by atoms with Crippen LogP contribution in [0.25, 0.3) is 11.5 Å². The molecule has 2 aromatic heterocycles. The average molecular weight is 264 g/mol. The van der Waals surface area contributed by atoms with Gasteiger partial charge in [-0.3, -0.25) is 0 Å². The van der Waals surface area contributed by atoms with Gasteiger partial charge in [0, 0.05) is 20.1 Å². The highest BCUT2D eigenvalue weighted by Gasteiger charge is 2.11. The Balaban J connectivity index is 1.77. The second kappa shape index (κ2) is 7.11. The van der Waals surface area contributed by atoms with Gasteiger partial charge in [-0.25, -0.2) is 4.98 Å². The van der Waals surface area contributed by atoms with Gasteiger partial charge in [0.2, 0.25) is 0 Å². The van der Waals surface area contributed by atoms with Gasteiger partial charge in [0.1, 0.15) is 0 Å². The van der Waals surface area contributed by atoms with Gasteiger partial charge in [0.25, 0.3) is 0 Å². The molecule has 1 N–H and O–H groups in total. The van der Waals surface area contributed by atoms with Crippen LogP contribution in [0.5, 0.6) is 0 Å². The monoisotopic (exact) mass is 264 g/mol. The Morgan fingerprint density at radius 3 is 3.00 bits per heavy atom. The first-order chi connectivity index (χ1) is 9.31. The molecule has 0 aliphatic carbocycles. The topological polar surface area (TPSA) is 60.4 Å². The molecule has 104 valence electrons. The van der Waals surface area contributed by atoms with Crippen LogP contribution in [0.15, 0.2) is 27.4 Å². The molecule has 19 heavy (non-hydrogen) atoms. The van der Waals surface area contributed by atoms with E-state index in [0.29, 0.717) is 5.76 Å². The van der Waals surface area contributed by atoms with E-state index >= 15 is 0 Å². The maximum absolute atomic E-state index is 5.68. The Morgan fingerprint density at radius 1 is 1.37 bits per heavy atom. The minimum Gasteiger partial charge on any atom is -0.461 e. The Labute approximate surface area is 113 Å². The number of nitrogens with one attached hydrogen (secondary N) is 1. The van der Waals surface area contributed by atoms with Crippen molar-refractivity contribution in [2.24, 2.45) is 0 Å². The fourth-order valence-corrected chi connectivity index (χ4v) is 1.82. The van der Waals surface area contributed by atoms with E-state index in [1.165, 1.54) is 0 Å². The summed E-state index contributed by atoms with van der Waals surface area (Å²) >= 11 is 0. The summed E-state index contributed by atoms with van der Waals surface area (Å²) in [5.74, 6) is 2.21. The Morgan fingerprint density at radius 2 is 2.26 bits per heavy atom. The van der Waals surface area contributed by atoms with Crippen molar-refractivity contribution in [3.05, 3.63) is 30.0 Å². The number of hydrogen-bond donors (Lipinski definition) is 1. The number of aromatic nitrogens is 1. The first-order valence-corrected chi connectivity index (χ1v) is 6.50. The predicted molar refractivity (Wildman–Crippen MR) is 72.0 cm³/mol. The van der Waals surface area contributed by atoms with Crippen molar-refractivity contribution in [2.45, 2.75) is 19.8 Å². The largest absolute Gasteiger partial charge is 0.461 e. The number of ether oxygens (including phenoxy) is 1. The van der Waals surface area contributed by atoms with Crippen LogP contribution in [0, 0.1) is 6.92 Å². The van der Waals surface area contributed by atoms with Crippen molar-refractivity contribution in [1.82, 2.24) is 10.3 Å². The summed E-state index contributed by atoms with van der Waals surface area (Å²) in [4.78, 5) is 4.27. The van der Waals surface area contributed by atoms with Crippen molar-refractivity contribution in [1.29, 1.82) is 0 Å². The van der Waals surface area contributed by atoms with Crippen molar-refractivity contribution in [3.8, 4) is 11.5 Å². The summed E-state index contributed by atoms with van der Waals surface area (Å²) in [5.41, 5.74) is 1.06. The van der Waals surface area contributed by atoms with Gasteiger partial charge < -0.3 is 18.9 Å². The van der Waals surface area contributed by atoms with Gasteiger partial charge in [-0.05, 0) is 31.5 Å². The molecule has 0 aromatic carbocycles. The van der Waals surface area contributed by atoms with Crippen LogP contribution < -0.4 is 5.32 Å². The zero-order valence-corrected chi connectivity index (χ0v) is 11.4. The van der Waals surface area contributed by atoms with E-state index < -0.39 is 0 Å². The van der Waals surface area contributed by atoms with E-state index in [1.54, 1.807) is 19.6 Å². The molecule has 0 bridgehead atoms. The lowest BCUT2D eigenvalue weighted by Gasteiger charge is -2.01. The lowest BCUT2D eigenvalue weighted by Crippen LogP contribution is -2.20. The third-order valence-corrected chi connectivity index (χ3v) is 2.87. The molecular formula is C14H20N2O3. The van der Waals surface area contributed by atoms with Crippen molar-refractivity contribution in [2.75, 3.05) is 26.8 Å². The van der Waals surface area contributed by atoms with Gasteiger partial charge >= 0.3 is 0 Å². The third kappa shape index (κ3) is 3.94. The third-order valence-electron chi connectivity index (χ3n) is 2.87. The summed E-state index contributed by atoms with van der Waals surface area (Å²) in [6.45, 7) is 4.53. The van der Waals surface area contributed by atoms with E-state index in [4.69, 9.17) is 13.6 Å². The lowest BCUT2D eigenvalue weighted by molar-refractivity contribution is 0.199. The summed E-state index contributed by atoms with van der Waals surface area (Å²) in [6, 6.07) is 1.91. The number of methoxy groups -OCH3 is 1. The predicted octanol–water partition coefficient (Wildman–Crippen LogP) is 2.41. The quantitative estimate of drug-likeness (QED) is 0.742. The van der Waals surface area contributed by atoms with Crippen LogP contribution in [0.3, 0.4) is 0 Å². The molecule has 0 atom stereocenters. The van der Waals surface area contributed by atoms with Crippen LogP contribution in [0.4, 0.5) is 0 Å². The smallest absolute Gasteiger partial charge is 0.195 e. The van der Waals surface area contributed by atoms with E-state index in [-0.39, 0.29) is 0 Å². The van der Waals surface area contributed by atoms with Crippen molar-refractivity contribution >= 4 is 0 Å². The molecule has 0 unspecified atom stereocenters. The minimum absolute atomic E-state index is 0.699. The Kier molecular flexibility index (Phi) is 5.18. The molecule has 2 aromatic rings. The highest BCUT2D eigenvalue weighted by Crippen LogP contribution is 2.25. The molecule has 5 nitrogen and oxygen atoms in total. The molecule has 0 aliphatic heterocycles. The second-order valence-electron chi connectivity index (χ2n) is 4.40. The Bertz CT molecular complexity index is 490. The molecule has 2 rings (SSSR count). The zero-order chi connectivity index (χ0) is 13.5. The summed E-state index contributed by atoms with van der Waals surface area (Å²) < 4.78 is 16.0. The first-order valence-electron chi connectivity index (χ1n) is 6.50. The summed E-state index contributed by atoms with van der Waals surface area (Å²) in [6.07, 6.45) is 5.19. The molecule has 0 spiro atoms. The van der Waals surface area contributed by atoms with Gasteiger partial charge in [-0.2, -0.15) is 0 Å². The molecule has 0 saturated heterocycles. The molecule has 2 heterocycles. The average Bonchev–Trinajstić information content (AvgIpc) is 3.02. The minimum atomic E-state index is 0.699. The molecule has 0 saturated carbocycles. The first kappa shape index (κ1) is 13.8. The maximum atomic E-state index is 5.68. The van der Waals surface area contributed by atoms with E-state index in [0.717, 1.165) is 49.8 Å². The van der Waals surface area contributed by atoms with Crippen molar-refractivity contribution in [3.63, 3.8) is 0 Å². The fourth-order valence-electron chi connectivity index (χ4n) is 1.82. The molecule has 0 aliphatic rings. The number of furan rings is 1. The van der Waals surface area contributed by atoms with Crippen LogP contribution in [0.2, 0.25) is 0 Å². The van der Waals surface area contributed by atoms with Gasteiger partial charge in [-0.1, -0.05) is 0 Å². The van der Waals surface area contributed by atoms with Gasteiger partial charge in [0.15, 0.2) is 17.4 Å². The van der Waals surface area contributed by atoms with Gasteiger partial charge in [-0.15, -0.1) is 0 Å². The molecular weight excluding hydrogens is 244 g/mol. The van der Waals surface area contributed by atoms with Crippen LogP contribution >= 0.6 is 0 Å². The molecule has 5 heteroatoms. The number of hydrogen-bond acceptors (Lipinski definition) is 5. The molecule has 0 amide bonds. The standard InChI is InChI=1S/C14H20N2O3/c1-11-5-8-18-14(11)12-10-16-13(19-12)4-3-6-15-7-9-17-2/h5,8,10,15H,3-4,6-7,9H2,1-2H3. The summed E-state index contributed by atoms with van der Waals surface area (Å²) in [5, 5.41) is 3.29. The zero-order valence-electron chi connectivity index (χ0n) is 11.4. The normalized spacial score (nSPS) is 11.1. The number of oxazole rings is 1. The van der Waals surface area contributed by atoms with E-state index in [2.05, 4.69) is 10.3 Å². The molecule has 0 fully saturated rings. The van der Waals surface area contributed by atoms with E-state index in [1.807, 2.05) is 13.0 Å². The highest BCUT2D eigenvalue weighted by atomic mass is 16.5. The Hall–Kier alpha value is -1.59. The lowest BCUT2D eigenvalue weighted by atomic mass is 10.2. The SMILES string of the molecule is COCCNCCCc1ncc(-c2occc2C)o1. The van der Waals surface area contributed by atoms with E-state index in [9.17, 15) is 0 Å². The van der Waals surface area contributed by atoms with Gasteiger partial charge in [0.05, 0.1) is 19.1 Å². The number of nitrogens with zero attached hydrogens (tertiary/aromatic N) is 1.